The molecule has 2 heterocycles. The fourth-order valence-corrected chi connectivity index (χ4v) is 3.14. The van der Waals surface area contributed by atoms with Gasteiger partial charge in [-0.3, -0.25) is 9.78 Å². The highest BCUT2D eigenvalue weighted by Gasteiger charge is 2.13. The molecule has 0 spiro atoms. The molecule has 1 amide bonds. The fraction of sp³-hybridized carbons (Fsp3) is 0.292. The van der Waals surface area contributed by atoms with E-state index in [2.05, 4.69) is 16.8 Å². The number of nitrogens with zero attached hydrogens (tertiary/aromatic N) is 5. The molecule has 30 heavy (non-hydrogen) atoms. The number of hydrogen-bond acceptors (Lipinski definition) is 4. The van der Waals surface area contributed by atoms with E-state index in [1.165, 1.54) is 0 Å². The molecule has 1 aromatic carbocycles. The van der Waals surface area contributed by atoms with Gasteiger partial charge in [0.1, 0.15) is 5.69 Å². The Labute approximate surface area is 178 Å². The van der Waals surface area contributed by atoms with Gasteiger partial charge in [-0.2, -0.15) is 5.10 Å². The highest BCUT2D eigenvalue weighted by molar-refractivity contribution is 5.92. The van der Waals surface area contributed by atoms with E-state index in [9.17, 15) is 4.79 Å². The molecule has 0 aliphatic carbocycles. The topological polar surface area (TPSA) is 54.3 Å². The van der Waals surface area contributed by atoms with E-state index >= 15 is 0 Å². The second kappa shape index (κ2) is 10.5. The first kappa shape index (κ1) is 21.5. The van der Waals surface area contributed by atoms with Crippen molar-refractivity contribution in [3.8, 4) is 16.9 Å². The summed E-state index contributed by atoms with van der Waals surface area (Å²) in [6.07, 6.45) is 9.92. The second-order valence-electron chi connectivity index (χ2n) is 7.42. The number of para-hydroxylation sites is 1. The highest BCUT2D eigenvalue weighted by atomic mass is 16.2. The van der Waals surface area contributed by atoms with Crippen molar-refractivity contribution in [1.29, 1.82) is 0 Å². The van der Waals surface area contributed by atoms with Crippen molar-refractivity contribution >= 4 is 12.0 Å². The lowest BCUT2D eigenvalue weighted by molar-refractivity contribution is -0.126. The molecule has 0 saturated carbocycles. The van der Waals surface area contributed by atoms with E-state index in [1.807, 2.05) is 78.4 Å². The van der Waals surface area contributed by atoms with Crippen molar-refractivity contribution in [2.24, 2.45) is 0 Å². The van der Waals surface area contributed by atoms with Gasteiger partial charge >= 0.3 is 0 Å². The summed E-state index contributed by atoms with van der Waals surface area (Å²) < 4.78 is 1.84. The van der Waals surface area contributed by atoms with Crippen LogP contribution in [0.15, 0.2) is 67.1 Å². The Morgan fingerprint density at radius 1 is 1.07 bits per heavy atom. The first-order valence-corrected chi connectivity index (χ1v) is 10.3. The SMILES string of the molecule is CCCN(CCN(C)C)C(=O)/C=C/c1cn(-c2ccccc2)nc1-c1cccnc1. The second-order valence-corrected chi connectivity index (χ2v) is 7.42. The Bertz CT molecular complexity index is 964. The summed E-state index contributed by atoms with van der Waals surface area (Å²) >= 11 is 0. The normalized spacial score (nSPS) is 11.3. The number of hydrogen-bond donors (Lipinski definition) is 0. The quantitative estimate of drug-likeness (QED) is 0.511. The number of pyridine rings is 1. The first-order chi connectivity index (χ1) is 14.6. The van der Waals surface area contributed by atoms with Crippen LogP contribution in [0.3, 0.4) is 0 Å². The van der Waals surface area contributed by atoms with E-state index in [1.54, 1.807) is 18.5 Å². The van der Waals surface area contributed by atoms with E-state index in [0.717, 1.165) is 42.0 Å². The van der Waals surface area contributed by atoms with Crippen LogP contribution >= 0.6 is 0 Å². The number of carbonyl (C=O) groups is 1. The van der Waals surface area contributed by atoms with E-state index in [0.29, 0.717) is 6.54 Å². The van der Waals surface area contributed by atoms with Crippen molar-refractivity contribution in [2.45, 2.75) is 13.3 Å². The molecule has 0 saturated heterocycles. The Morgan fingerprint density at radius 3 is 2.53 bits per heavy atom. The van der Waals surface area contributed by atoms with Gasteiger partial charge in [0.05, 0.1) is 5.69 Å². The fourth-order valence-electron chi connectivity index (χ4n) is 3.14. The summed E-state index contributed by atoms with van der Waals surface area (Å²) in [6.45, 7) is 4.38. The predicted octanol–water partition coefficient (Wildman–Crippen LogP) is 3.75. The third-order valence-corrected chi connectivity index (χ3v) is 4.73. The monoisotopic (exact) mass is 403 g/mol. The smallest absolute Gasteiger partial charge is 0.246 e. The minimum absolute atomic E-state index is 0.0169. The molecule has 0 N–H and O–H groups in total. The lowest BCUT2D eigenvalue weighted by Gasteiger charge is -2.22. The van der Waals surface area contributed by atoms with Crippen LogP contribution in [0.5, 0.6) is 0 Å². The van der Waals surface area contributed by atoms with Gasteiger partial charge < -0.3 is 9.80 Å². The van der Waals surface area contributed by atoms with Crippen molar-refractivity contribution in [1.82, 2.24) is 24.6 Å². The third kappa shape index (κ3) is 5.64. The van der Waals surface area contributed by atoms with Gasteiger partial charge in [-0.25, -0.2) is 4.68 Å². The zero-order valence-electron chi connectivity index (χ0n) is 17.9. The number of aromatic nitrogens is 3. The van der Waals surface area contributed by atoms with Gasteiger partial charge in [0.15, 0.2) is 0 Å². The number of amides is 1. The molecular weight excluding hydrogens is 374 g/mol. The molecule has 6 nitrogen and oxygen atoms in total. The molecule has 0 fully saturated rings. The van der Waals surface area contributed by atoms with Gasteiger partial charge in [0, 0.05) is 55.4 Å². The van der Waals surface area contributed by atoms with Crippen LogP contribution in [-0.4, -0.2) is 64.2 Å². The van der Waals surface area contributed by atoms with Gasteiger partial charge in [0.2, 0.25) is 5.91 Å². The van der Waals surface area contributed by atoms with E-state index in [-0.39, 0.29) is 5.91 Å². The first-order valence-electron chi connectivity index (χ1n) is 10.3. The van der Waals surface area contributed by atoms with E-state index < -0.39 is 0 Å². The van der Waals surface area contributed by atoms with Crippen molar-refractivity contribution in [2.75, 3.05) is 33.7 Å². The Hall–Kier alpha value is -3.25. The van der Waals surface area contributed by atoms with Crippen molar-refractivity contribution in [3.63, 3.8) is 0 Å². The van der Waals surface area contributed by atoms with Gasteiger partial charge in [0.25, 0.3) is 0 Å². The van der Waals surface area contributed by atoms with Crippen LogP contribution in [0.4, 0.5) is 0 Å². The lowest BCUT2D eigenvalue weighted by Crippen LogP contribution is -2.36. The Balaban J connectivity index is 1.89. The minimum Gasteiger partial charge on any atom is -0.338 e. The minimum atomic E-state index is 0.0169. The summed E-state index contributed by atoms with van der Waals surface area (Å²) in [4.78, 5) is 21.0. The van der Waals surface area contributed by atoms with Gasteiger partial charge in [-0.05, 0) is 50.9 Å². The summed E-state index contributed by atoms with van der Waals surface area (Å²) in [6, 6.07) is 13.8. The average Bonchev–Trinajstić information content (AvgIpc) is 3.20. The van der Waals surface area contributed by atoms with Crippen molar-refractivity contribution < 1.29 is 4.79 Å². The van der Waals surface area contributed by atoms with Crippen LogP contribution in [0.2, 0.25) is 0 Å². The number of rotatable bonds is 9. The molecule has 2 aromatic heterocycles. The molecule has 6 heteroatoms. The summed E-state index contributed by atoms with van der Waals surface area (Å²) in [5, 5.41) is 4.76. The Kier molecular flexibility index (Phi) is 7.51. The predicted molar refractivity (Wildman–Crippen MR) is 121 cm³/mol. The Morgan fingerprint density at radius 2 is 1.87 bits per heavy atom. The maximum absolute atomic E-state index is 12.8. The standard InChI is InChI=1S/C24H29N5O/c1-4-15-28(17-16-27(2)3)23(30)13-12-21-19-29(22-10-6-5-7-11-22)26-24(21)20-9-8-14-25-18-20/h5-14,18-19H,4,15-17H2,1-3H3/b13-12+. The lowest BCUT2D eigenvalue weighted by atomic mass is 10.1. The molecule has 156 valence electrons. The van der Waals surface area contributed by atoms with E-state index in [4.69, 9.17) is 5.10 Å². The van der Waals surface area contributed by atoms with Crippen LogP contribution in [-0.2, 0) is 4.79 Å². The molecule has 3 aromatic rings. The van der Waals surface area contributed by atoms with Crippen LogP contribution < -0.4 is 0 Å². The molecular formula is C24H29N5O. The highest BCUT2D eigenvalue weighted by Crippen LogP contribution is 2.24. The molecule has 3 rings (SSSR count). The molecule has 0 radical (unpaired) electrons. The molecule has 0 bridgehead atoms. The van der Waals surface area contributed by atoms with Crippen LogP contribution in [0, 0.1) is 0 Å². The summed E-state index contributed by atoms with van der Waals surface area (Å²) in [5.74, 6) is 0.0169. The largest absolute Gasteiger partial charge is 0.338 e. The van der Waals surface area contributed by atoms with Crippen molar-refractivity contribution in [3.05, 3.63) is 72.7 Å². The van der Waals surface area contributed by atoms with Crippen LogP contribution in [0.1, 0.15) is 18.9 Å². The zero-order valence-corrected chi connectivity index (χ0v) is 17.9. The molecule has 0 unspecified atom stereocenters. The average molecular weight is 404 g/mol. The van der Waals surface area contributed by atoms with Gasteiger partial charge in [-0.15, -0.1) is 0 Å². The molecule has 0 atom stereocenters. The van der Waals surface area contributed by atoms with Crippen LogP contribution in [0.25, 0.3) is 23.0 Å². The van der Waals surface area contributed by atoms with Gasteiger partial charge in [-0.1, -0.05) is 25.1 Å². The third-order valence-electron chi connectivity index (χ3n) is 4.73. The molecule has 0 aliphatic heterocycles. The number of likely N-dealkylation sites (N-methyl/N-ethyl adjacent to an activating group) is 1. The zero-order chi connectivity index (χ0) is 21.3. The number of benzene rings is 1. The maximum Gasteiger partial charge on any atom is 0.246 e. The summed E-state index contributed by atoms with van der Waals surface area (Å²) in [5.41, 5.74) is 3.56. The summed E-state index contributed by atoms with van der Waals surface area (Å²) in [7, 11) is 4.03. The maximum atomic E-state index is 12.8. The number of carbonyl (C=O) groups excluding carboxylic acids is 1. The molecule has 0 aliphatic rings.